The van der Waals surface area contributed by atoms with Gasteiger partial charge in [0, 0.05) is 17.3 Å². The molecule has 3 rings (SSSR count). The second-order valence-corrected chi connectivity index (χ2v) is 5.97. The van der Waals surface area contributed by atoms with Crippen LogP contribution in [-0.4, -0.2) is 5.91 Å². The van der Waals surface area contributed by atoms with Crippen molar-refractivity contribution in [1.29, 1.82) is 0 Å². The van der Waals surface area contributed by atoms with Gasteiger partial charge < -0.3 is 5.32 Å². The SMILES string of the molecule is O=C(NCc1ccc(-c2cccs2)cc1)C1CCC1. The van der Waals surface area contributed by atoms with Crippen LogP contribution in [-0.2, 0) is 11.3 Å². The van der Waals surface area contributed by atoms with E-state index in [0.717, 1.165) is 18.4 Å². The van der Waals surface area contributed by atoms with Crippen molar-refractivity contribution in [2.75, 3.05) is 0 Å². The summed E-state index contributed by atoms with van der Waals surface area (Å²) in [6.07, 6.45) is 3.32. The number of amides is 1. The van der Waals surface area contributed by atoms with Crippen molar-refractivity contribution < 1.29 is 4.79 Å². The first-order valence-electron chi connectivity index (χ1n) is 6.73. The Balaban J connectivity index is 1.58. The fourth-order valence-electron chi connectivity index (χ4n) is 2.23. The highest BCUT2D eigenvalue weighted by atomic mass is 32.1. The second-order valence-electron chi connectivity index (χ2n) is 5.02. The van der Waals surface area contributed by atoms with Gasteiger partial charge in [-0.2, -0.15) is 0 Å². The van der Waals surface area contributed by atoms with Crippen molar-refractivity contribution in [3.63, 3.8) is 0 Å². The van der Waals surface area contributed by atoms with E-state index >= 15 is 0 Å². The Kier molecular flexibility index (Phi) is 3.65. The van der Waals surface area contributed by atoms with E-state index in [1.54, 1.807) is 11.3 Å². The van der Waals surface area contributed by atoms with E-state index in [2.05, 4.69) is 47.1 Å². The zero-order valence-electron chi connectivity index (χ0n) is 10.8. The first kappa shape index (κ1) is 12.4. The van der Waals surface area contributed by atoms with Crippen LogP contribution < -0.4 is 5.32 Å². The fraction of sp³-hybridized carbons (Fsp3) is 0.312. The standard InChI is InChI=1S/C16H17NOS/c18-16(14-3-1-4-14)17-11-12-6-8-13(9-7-12)15-5-2-10-19-15/h2,5-10,14H,1,3-4,11H2,(H,17,18). The lowest BCUT2D eigenvalue weighted by Gasteiger charge is -2.24. The largest absolute Gasteiger partial charge is 0.352 e. The van der Waals surface area contributed by atoms with Crippen LogP contribution in [0.5, 0.6) is 0 Å². The van der Waals surface area contributed by atoms with Crippen molar-refractivity contribution in [1.82, 2.24) is 5.32 Å². The Morgan fingerprint density at radius 1 is 1.21 bits per heavy atom. The van der Waals surface area contributed by atoms with E-state index in [4.69, 9.17) is 0 Å². The molecule has 1 fully saturated rings. The number of rotatable bonds is 4. The molecule has 2 aromatic rings. The van der Waals surface area contributed by atoms with Gasteiger partial charge in [-0.1, -0.05) is 36.8 Å². The van der Waals surface area contributed by atoms with Crippen LogP contribution >= 0.6 is 11.3 Å². The maximum Gasteiger partial charge on any atom is 0.223 e. The van der Waals surface area contributed by atoms with Gasteiger partial charge in [0.15, 0.2) is 0 Å². The van der Waals surface area contributed by atoms with Gasteiger partial charge in [-0.3, -0.25) is 4.79 Å². The minimum absolute atomic E-state index is 0.216. The molecule has 1 aromatic heterocycles. The predicted octanol–water partition coefficient (Wildman–Crippen LogP) is 3.83. The molecule has 1 aliphatic rings. The molecule has 1 saturated carbocycles. The smallest absolute Gasteiger partial charge is 0.223 e. The number of nitrogens with one attached hydrogen (secondary N) is 1. The lowest BCUT2D eigenvalue weighted by molar-refractivity contribution is -0.127. The zero-order valence-corrected chi connectivity index (χ0v) is 11.6. The van der Waals surface area contributed by atoms with Crippen molar-refractivity contribution >= 4 is 17.2 Å². The Bertz CT molecular complexity index is 541. The van der Waals surface area contributed by atoms with Crippen LogP contribution in [0.15, 0.2) is 41.8 Å². The van der Waals surface area contributed by atoms with E-state index in [0.29, 0.717) is 6.54 Å². The van der Waals surface area contributed by atoms with Gasteiger partial charge in [0.1, 0.15) is 0 Å². The number of carbonyl (C=O) groups is 1. The molecule has 0 unspecified atom stereocenters. The Morgan fingerprint density at radius 2 is 2.00 bits per heavy atom. The van der Waals surface area contributed by atoms with E-state index < -0.39 is 0 Å². The Morgan fingerprint density at radius 3 is 2.58 bits per heavy atom. The molecule has 98 valence electrons. The Hall–Kier alpha value is -1.61. The van der Waals surface area contributed by atoms with Crippen LogP contribution in [0.3, 0.4) is 0 Å². The van der Waals surface area contributed by atoms with E-state index in [1.807, 2.05) is 0 Å². The summed E-state index contributed by atoms with van der Waals surface area (Å²) in [6.45, 7) is 0.639. The molecule has 0 spiro atoms. The van der Waals surface area contributed by atoms with Crippen molar-refractivity contribution in [2.45, 2.75) is 25.8 Å². The molecule has 0 atom stereocenters. The Labute approximate surface area is 117 Å². The third-order valence-corrected chi connectivity index (χ3v) is 4.62. The number of hydrogen-bond donors (Lipinski definition) is 1. The third-order valence-electron chi connectivity index (χ3n) is 3.70. The maximum atomic E-state index is 11.7. The normalized spacial score (nSPS) is 14.9. The summed E-state index contributed by atoms with van der Waals surface area (Å²) in [5, 5.41) is 5.10. The molecule has 1 N–H and O–H groups in total. The molecule has 1 amide bonds. The summed E-state index contributed by atoms with van der Waals surface area (Å²) in [5.41, 5.74) is 2.40. The minimum Gasteiger partial charge on any atom is -0.352 e. The van der Waals surface area contributed by atoms with Crippen molar-refractivity contribution in [2.24, 2.45) is 5.92 Å². The fourth-order valence-corrected chi connectivity index (χ4v) is 2.97. The molecule has 1 aromatic carbocycles. The summed E-state index contributed by atoms with van der Waals surface area (Å²) in [5.74, 6) is 0.485. The van der Waals surface area contributed by atoms with Gasteiger partial charge in [-0.25, -0.2) is 0 Å². The lowest BCUT2D eigenvalue weighted by atomic mass is 9.85. The molecule has 2 nitrogen and oxygen atoms in total. The minimum atomic E-state index is 0.216. The molecule has 0 radical (unpaired) electrons. The topological polar surface area (TPSA) is 29.1 Å². The molecule has 19 heavy (non-hydrogen) atoms. The van der Waals surface area contributed by atoms with Gasteiger partial charge in [0.05, 0.1) is 0 Å². The van der Waals surface area contributed by atoms with Crippen LogP contribution in [0.4, 0.5) is 0 Å². The number of hydrogen-bond acceptors (Lipinski definition) is 2. The van der Waals surface area contributed by atoms with Gasteiger partial charge in [0.2, 0.25) is 5.91 Å². The molecule has 0 saturated heterocycles. The predicted molar refractivity (Wildman–Crippen MR) is 78.9 cm³/mol. The number of benzene rings is 1. The molecule has 3 heteroatoms. The second kappa shape index (κ2) is 5.57. The molecular weight excluding hydrogens is 254 g/mol. The summed E-state index contributed by atoms with van der Waals surface area (Å²) >= 11 is 1.74. The van der Waals surface area contributed by atoms with Gasteiger partial charge in [0.25, 0.3) is 0 Å². The third kappa shape index (κ3) is 2.87. The lowest BCUT2D eigenvalue weighted by Crippen LogP contribution is -2.33. The summed E-state index contributed by atoms with van der Waals surface area (Å²) < 4.78 is 0. The van der Waals surface area contributed by atoms with E-state index in [9.17, 15) is 4.79 Å². The molecule has 1 aliphatic carbocycles. The van der Waals surface area contributed by atoms with Crippen LogP contribution in [0.2, 0.25) is 0 Å². The first-order valence-corrected chi connectivity index (χ1v) is 7.61. The van der Waals surface area contributed by atoms with Crippen LogP contribution in [0.1, 0.15) is 24.8 Å². The molecular formula is C16H17NOS. The van der Waals surface area contributed by atoms with Gasteiger partial charge in [-0.15, -0.1) is 11.3 Å². The highest BCUT2D eigenvalue weighted by Gasteiger charge is 2.24. The average Bonchev–Trinajstić information content (AvgIpc) is 2.89. The molecule has 1 heterocycles. The van der Waals surface area contributed by atoms with Crippen molar-refractivity contribution in [3.8, 4) is 10.4 Å². The van der Waals surface area contributed by atoms with Gasteiger partial charge in [-0.05, 0) is 35.4 Å². The first-order chi connectivity index (χ1) is 9.33. The average molecular weight is 271 g/mol. The van der Waals surface area contributed by atoms with E-state index in [-0.39, 0.29) is 11.8 Å². The maximum absolute atomic E-state index is 11.7. The zero-order chi connectivity index (χ0) is 13.1. The molecule has 0 aliphatic heterocycles. The highest BCUT2D eigenvalue weighted by molar-refractivity contribution is 7.13. The monoisotopic (exact) mass is 271 g/mol. The highest BCUT2D eigenvalue weighted by Crippen LogP contribution is 2.27. The van der Waals surface area contributed by atoms with Crippen LogP contribution in [0.25, 0.3) is 10.4 Å². The van der Waals surface area contributed by atoms with Gasteiger partial charge >= 0.3 is 0 Å². The summed E-state index contributed by atoms with van der Waals surface area (Å²) in [7, 11) is 0. The van der Waals surface area contributed by atoms with Crippen LogP contribution in [0, 0.1) is 5.92 Å². The van der Waals surface area contributed by atoms with E-state index in [1.165, 1.54) is 16.9 Å². The van der Waals surface area contributed by atoms with Crippen molar-refractivity contribution in [3.05, 3.63) is 47.3 Å². The summed E-state index contributed by atoms with van der Waals surface area (Å²) in [4.78, 5) is 13.0. The number of thiophene rings is 1. The quantitative estimate of drug-likeness (QED) is 0.899. The number of carbonyl (C=O) groups excluding carboxylic acids is 1. The summed E-state index contributed by atoms with van der Waals surface area (Å²) in [6, 6.07) is 12.6. The molecule has 0 bridgehead atoms.